The Hall–Kier alpha value is -1.64. The molecule has 0 spiro atoms. The predicted molar refractivity (Wildman–Crippen MR) is 69.6 cm³/mol. The molecule has 0 saturated heterocycles. The van der Waals surface area contributed by atoms with E-state index in [1.165, 1.54) is 19.3 Å². The van der Waals surface area contributed by atoms with Crippen molar-refractivity contribution in [3.05, 3.63) is 24.4 Å². The van der Waals surface area contributed by atoms with Crippen LogP contribution in [0.1, 0.15) is 32.6 Å². The average Bonchev–Trinajstić information content (AvgIpc) is 2.76. The van der Waals surface area contributed by atoms with Gasteiger partial charge in [0.15, 0.2) is 11.5 Å². The molecule has 0 atom stereocenters. The van der Waals surface area contributed by atoms with Crippen LogP contribution >= 0.6 is 0 Å². The number of aromatic amines is 1. The molecule has 0 unspecified atom stereocenters. The van der Waals surface area contributed by atoms with Crippen molar-refractivity contribution in [2.45, 2.75) is 32.6 Å². The first-order chi connectivity index (χ1) is 8.31. The van der Waals surface area contributed by atoms with E-state index in [1.807, 2.05) is 18.3 Å². The third kappa shape index (κ3) is 2.93. The molecular formula is C14H19NO2. The highest BCUT2D eigenvalue weighted by atomic mass is 16.5. The smallest absolute Gasteiger partial charge is 0.163 e. The van der Waals surface area contributed by atoms with Crippen molar-refractivity contribution in [1.82, 2.24) is 4.98 Å². The number of fused-ring (bicyclic) bond motifs is 1. The molecule has 3 heteroatoms. The maximum absolute atomic E-state index is 9.79. The lowest BCUT2D eigenvalue weighted by Gasteiger charge is -2.08. The van der Waals surface area contributed by atoms with Gasteiger partial charge in [0.05, 0.1) is 6.61 Å². The lowest BCUT2D eigenvalue weighted by atomic mass is 10.2. The van der Waals surface area contributed by atoms with E-state index >= 15 is 0 Å². The molecule has 2 N–H and O–H groups in total. The predicted octanol–water partition coefficient (Wildman–Crippen LogP) is 3.83. The van der Waals surface area contributed by atoms with Crippen LogP contribution in [0.25, 0.3) is 10.9 Å². The molecule has 3 nitrogen and oxygen atoms in total. The number of hydrogen-bond acceptors (Lipinski definition) is 2. The van der Waals surface area contributed by atoms with Crippen molar-refractivity contribution in [1.29, 1.82) is 0 Å². The van der Waals surface area contributed by atoms with E-state index in [2.05, 4.69) is 11.9 Å². The second-order valence-corrected chi connectivity index (χ2v) is 4.29. The lowest BCUT2D eigenvalue weighted by molar-refractivity contribution is 0.290. The van der Waals surface area contributed by atoms with E-state index in [4.69, 9.17) is 4.74 Å². The first-order valence-corrected chi connectivity index (χ1v) is 6.24. The van der Waals surface area contributed by atoms with Crippen molar-refractivity contribution in [3.63, 3.8) is 0 Å². The number of H-pyrrole nitrogens is 1. The van der Waals surface area contributed by atoms with Crippen molar-refractivity contribution >= 4 is 10.9 Å². The van der Waals surface area contributed by atoms with Crippen molar-refractivity contribution in [2.75, 3.05) is 6.61 Å². The molecule has 0 saturated carbocycles. The van der Waals surface area contributed by atoms with Gasteiger partial charge < -0.3 is 14.8 Å². The number of aromatic nitrogens is 1. The van der Waals surface area contributed by atoms with E-state index in [9.17, 15) is 5.11 Å². The van der Waals surface area contributed by atoms with E-state index in [-0.39, 0.29) is 5.75 Å². The molecule has 1 heterocycles. The number of nitrogens with one attached hydrogen (secondary N) is 1. The van der Waals surface area contributed by atoms with Crippen LogP contribution in [0.3, 0.4) is 0 Å². The average molecular weight is 233 g/mol. The van der Waals surface area contributed by atoms with Crippen LogP contribution in [0, 0.1) is 0 Å². The highest BCUT2D eigenvalue weighted by Crippen LogP contribution is 2.30. The Kier molecular flexibility index (Phi) is 3.91. The zero-order valence-corrected chi connectivity index (χ0v) is 10.2. The van der Waals surface area contributed by atoms with Crippen LogP contribution in [-0.2, 0) is 0 Å². The molecule has 2 rings (SSSR count). The van der Waals surface area contributed by atoms with E-state index < -0.39 is 0 Å². The summed E-state index contributed by atoms with van der Waals surface area (Å²) in [6.45, 7) is 2.85. The fourth-order valence-electron chi connectivity index (χ4n) is 1.90. The minimum atomic E-state index is 0.215. The molecule has 0 aliphatic rings. The summed E-state index contributed by atoms with van der Waals surface area (Å²) in [5.41, 5.74) is 0.992. The Balaban J connectivity index is 1.95. The van der Waals surface area contributed by atoms with Crippen molar-refractivity contribution in [2.24, 2.45) is 0 Å². The van der Waals surface area contributed by atoms with Crippen LogP contribution in [0.4, 0.5) is 0 Å². The van der Waals surface area contributed by atoms with Crippen LogP contribution in [0.15, 0.2) is 24.4 Å². The highest BCUT2D eigenvalue weighted by molar-refractivity contribution is 5.83. The quantitative estimate of drug-likeness (QED) is 0.745. The number of unbranched alkanes of at least 4 members (excludes halogenated alkanes) is 3. The topological polar surface area (TPSA) is 45.2 Å². The number of ether oxygens (including phenoxy) is 1. The third-order valence-electron chi connectivity index (χ3n) is 2.89. The first kappa shape index (κ1) is 11.8. The monoisotopic (exact) mass is 233 g/mol. The van der Waals surface area contributed by atoms with Gasteiger partial charge in [-0.2, -0.15) is 0 Å². The normalized spacial score (nSPS) is 10.9. The molecule has 17 heavy (non-hydrogen) atoms. The van der Waals surface area contributed by atoms with Crippen LogP contribution in [0.2, 0.25) is 0 Å². The molecule has 92 valence electrons. The second-order valence-electron chi connectivity index (χ2n) is 4.29. The Morgan fingerprint density at radius 3 is 2.94 bits per heavy atom. The van der Waals surface area contributed by atoms with Gasteiger partial charge in [-0.15, -0.1) is 0 Å². The largest absolute Gasteiger partial charge is 0.504 e. The fraction of sp³-hybridized carbons (Fsp3) is 0.429. The van der Waals surface area contributed by atoms with Gasteiger partial charge in [0.2, 0.25) is 0 Å². The summed E-state index contributed by atoms with van der Waals surface area (Å²) in [4.78, 5) is 3.11. The van der Waals surface area contributed by atoms with Crippen molar-refractivity contribution in [3.8, 4) is 11.5 Å². The van der Waals surface area contributed by atoms with E-state index in [0.717, 1.165) is 17.3 Å². The lowest BCUT2D eigenvalue weighted by Crippen LogP contribution is -1.97. The summed E-state index contributed by atoms with van der Waals surface area (Å²) >= 11 is 0. The summed E-state index contributed by atoms with van der Waals surface area (Å²) in [5.74, 6) is 0.782. The number of benzene rings is 1. The Labute approximate surface area is 101 Å². The molecular weight excluding hydrogens is 214 g/mol. The van der Waals surface area contributed by atoms with Gasteiger partial charge in [0.1, 0.15) is 0 Å². The summed E-state index contributed by atoms with van der Waals surface area (Å²) in [5, 5.41) is 10.8. The molecule has 0 bridgehead atoms. The van der Waals surface area contributed by atoms with Crippen LogP contribution in [0.5, 0.6) is 11.5 Å². The molecule has 0 amide bonds. The highest BCUT2D eigenvalue weighted by Gasteiger charge is 2.05. The molecule has 0 radical (unpaired) electrons. The van der Waals surface area contributed by atoms with E-state index in [1.54, 1.807) is 6.07 Å². The van der Waals surface area contributed by atoms with Gasteiger partial charge in [-0.3, -0.25) is 0 Å². The van der Waals surface area contributed by atoms with Gasteiger partial charge in [-0.05, 0) is 18.6 Å². The third-order valence-corrected chi connectivity index (χ3v) is 2.89. The van der Waals surface area contributed by atoms with Gasteiger partial charge in [-0.25, -0.2) is 0 Å². The molecule has 0 aliphatic carbocycles. The van der Waals surface area contributed by atoms with Gasteiger partial charge in [0, 0.05) is 23.2 Å². The summed E-state index contributed by atoms with van der Waals surface area (Å²) in [6.07, 6.45) is 6.54. The fourth-order valence-corrected chi connectivity index (χ4v) is 1.90. The van der Waals surface area contributed by atoms with Crippen LogP contribution in [-0.4, -0.2) is 16.7 Å². The standard InChI is InChI=1S/C14H19NO2/c1-2-3-4-5-8-17-14-10-12-11(6-7-15-12)9-13(14)16/h6-7,9-10,15-16H,2-5,8H2,1H3. The van der Waals surface area contributed by atoms with Crippen molar-refractivity contribution < 1.29 is 9.84 Å². The maximum atomic E-state index is 9.79. The summed E-state index contributed by atoms with van der Waals surface area (Å²) in [6, 6.07) is 5.51. The van der Waals surface area contributed by atoms with Crippen LogP contribution < -0.4 is 4.74 Å². The Bertz CT molecular complexity index is 476. The molecule has 1 aromatic heterocycles. The molecule has 0 aliphatic heterocycles. The zero-order chi connectivity index (χ0) is 12.1. The minimum absolute atomic E-state index is 0.215. The molecule has 0 fully saturated rings. The summed E-state index contributed by atoms with van der Waals surface area (Å²) in [7, 11) is 0. The van der Waals surface area contributed by atoms with Gasteiger partial charge in [-0.1, -0.05) is 26.2 Å². The minimum Gasteiger partial charge on any atom is -0.504 e. The number of aromatic hydroxyl groups is 1. The zero-order valence-electron chi connectivity index (χ0n) is 10.2. The summed E-state index contributed by atoms with van der Waals surface area (Å²) < 4.78 is 5.59. The maximum Gasteiger partial charge on any atom is 0.163 e. The SMILES string of the molecule is CCCCCCOc1cc2[nH]ccc2cc1O. The number of phenols is 1. The molecule has 1 aromatic carbocycles. The Morgan fingerprint density at radius 2 is 2.12 bits per heavy atom. The Morgan fingerprint density at radius 1 is 1.24 bits per heavy atom. The van der Waals surface area contributed by atoms with E-state index in [0.29, 0.717) is 12.4 Å². The first-order valence-electron chi connectivity index (χ1n) is 6.24. The van der Waals surface area contributed by atoms with Gasteiger partial charge >= 0.3 is 0 Å². The molecule has 2 aromatic rings. The van der Waals surface area contributed by atoms with Gasteiger partial charge in [0.25, 0.3) is 0 Å². The second kappa shape index (κ2) is 5.62. The number of hydrogen-bond donors (Lipinski definition) is 2. The number of phenolic OH excluding ortho intramolecular Hbond substituents is 1. The number of rotatable bonds is 6.